The van der Waals surface area contributed by atoms with E-state index in [-0.39, 0.29) is 0 Å². The van der Waals surface area contributed by atoms with E-state index in [0.29, 0.717) is 0 Å². The summed E-state index contributed by atoms with van der Waals surface area (Å²) in [5.74, 6) is 0. The zero-order chi connectivity index (χ0) is 31.6. The summed E-state index contributed by atoms with van der Waals surface area (Å²) in [6, 6.07) is 69.8. The number of hydrogen-bond donors (Lipinski definition) is 0. The second-order valence-electron chi connectivity index (χ2n) is 11.8. The number of benzene rings is 8. The Hall–Kier alpha value is -4.86. The molecule has 0 heterocycles. The van der Waals surface area contributed by atoms with Crippen molar-refractivity contribution in [1.82, 2.24) is 0 Å². The highest BCUT2D eigenvalue weighted by Gasteiger charge is 2.28. The summed E-state index contributed by atoms with van der Waals surface area (Å²) in [5.41, 5.74) is 4.03. The first-order valence-corrected chi connectivity index (χ1v) is 18.8. The van der Waals surface area contributed by atoms with Gasteiger partial charge in [-0.1, -0.05) is 182 Å². The third-order valence-corrected chi connectivity index (χ3v) is 13.9. The standard InChI is InChI=1S/C45H34P2/c1-33-32-43(47(37-23-10-4-11-24-37)38-25-12-5-13-26-38)45(41-29-17-16-27-39(33)41)44-40-28-15-14-18-34(40)30-31-42(44)46(35-19-6-2-7-20-35)36-21-8-3-9-22-36/h2-32H,1H3. The second-order valence-corrected chi connectivity index (χ2v) is 16.2. The molecule has 0 spiro atoms. The van der Waals surface area contributed by atoms with Gasteiger partial charge in [-0.3, -0.25) is 0 Å². The Bertz CT molecular complexity index is 2220. The van der Waals surface area contributed by atoms with Crippen LogP contribution in [0, 0.1) is 6.92 Å². The molecule has 0 aliphatic rings. The van der Waals surface area contributed by atoms with Crippen molar-refractivity contribution in [2.45, 2.75) is 6.92 Å². The van der Waals surface area contributed by atoms with Crippen LogP contribution in [0.3, 0.4) is 0 Å². The maximum Gasteiger partial charge on any atom is -0.000864 e. The van der Waals surface area contributed by atoms with E-state index in [1.807, 2.05) is 0 Å². The van der Waals surface area contributed by atoms with Gasteiger partial charge in [0, 0.05) is 0 Å². The van der Waals surface area contributed by atoms with Gasteiger partial charge in [-0.05, 0) is 98.9 Å². The van der Waals surface area contributed by atoms with Crippen LogP contribution in [0.4, 0.5) is 0 Å². The van der Waals surface area contributed by atoms with E-state index in [0.717, 1.165) is 0 Å². The zero-order valence-corrected chi connectivity index (χ0v) is 28.1. The van der Waals surface area contributed by atoms with E-state index in [1.54, 1.807) is 0 Å². The van der Waals surface area contributed by atoms with Gasteiger partial charge in [-0.25, -0.2) is 0 Å². The Morgan fingerprint density at radius 1 is 0.319 bits per heavy atom. The summed E-state index contributed by atoms with van der Waals surface area (Å²) in [4.78, 5) is 0. The van der Waals surface area contributed by atoms with Gasteiger partial charge in [0.2, 0.25) is 0 Å². The quantitative estimate of drug-likeness (QED) is 0.153. The lowest BCUT2D eigenvalue weighted by Crippen LogP contribution is -2.26. The molecule has 0 saturated heterocycles. The van der Waals surface area contributed by atoms with E-state index >= 15 is 0 Å². The molecule has 8 aromatic carbocycles. The van der Waals surface area contributed by atoms with Crippen LogP contribution in [0.15, 0.2) is 188 Å². The summed E-state index contributed by atoms with van der Waals surface area (Å²) in [6.45, 7) is 2.28. The van der Waals surface area contributed by atoms with Crippen LogP contribution in [-0.4, -0.2) is 0 Å². The fourth-order valence-electron chi connectivity index (χ4n) is 6.85. The van der Waals surface area contributed by atoms with Crippen molar-refractivity contribution in [1.29, 1.82) is 0 Å². The Balaban J connectivity index is 1.55. The lowest BCUT2D eigenvalue weighted by molar-refractivity contribution is 1.55. The molecule has 224 valence electrons. The van der Waals surface area contributed by atoms with Gasteiger partial charge in [0.05, 0.1) is 0 Å². The average molecular weight is 637 g/mol. The molecule has 2 heteroatoms. The van der Waals surface area contributed by atoms with Gasteiger partial charge in [-0.2, -0.15) is 0 Å². The van der Waals surface area contributed by atoms with Crippen molar-refractivity contribution in [2.75, 3.05) is 0 Å². The predicted octanol–water partition coefficient (Wildman–Crippen LogP) is 9.48. The maximum atomic E-state index is 2.50. The first-order chi connectivity index (χ1) is 23.3. The molecule has 0 atom stereocenters. The summed E-state index contributed by atoms with van der Waals surface area (Å²) >= 11 is 0. The van der Waals surface area contributed by atoms with Crippen LogP contribution in [0.1, 0.15) is 5.56 Å². The summed E-state index contributed by atoms with van der Waals surface area (Å²) in [7, 11) is -1.73. The average Bonchev–Trinajstić information content (AvgIpc) is 3.14. The second kappa shape index (κ2) is 13.1. The first-order valence-electron chi connectivity index (χ1n) is 16.1. The van der Waals surface area contributed by atoms with Gasteiger partial charge >= 0.3 is 0 Å². The summed E-state index contributed by atoms with van der Waals surface area (Å²) in [5, 5.41) is 13.4. The minimum Gasteiger partial charge on any atom is -0.0622 e. The molecule has 0 radical (unpaired) electrons. The van der Waals surface area contributed by atoms with Gasteiger partial charge in [0.1, 0.15) is 0 Å². The highest BCUT2D eigenvalue weighted by Crippen LogP contribution is 2.46. The molecule has 0 bridgehead atoms. The smallest absolute Gasteiger partial charge is 0.000864 e. The third-order valence-electron chi connectivity index (χ3n) is 8.93. The highest BCUT2D eigenvalue weighted by atomic mass is 31.1. The van der Waals surface area contributed by atoms with Gasteiger partial charge < -0.3 is 0 Å². The maximum absolute atomic E-state index is 2.50. The molecule has 0 amide bonds. The van der Waals surface area contributed by atoms with E-state index in [1.165, 1.54) is 70.1 Å². The Morgan fingerprint density at radius 3 is 1.21 bits per heavy atom. The lowest BCUT2D eigenvalue weighted by atomic mass is 9.92. The van der Waals surface area contributed by atoms with Crippen molar-refractivity contribution in [2.24, 2.45) is 0 Å². The Kier molecular flexibility index (Phi) is 8.23. The molecule has 0 aromatic heterocycles. The molecule has 0 fully saturated rings. The van der Waals surface area contributed by atoms with Crippen LogP contribution in [0.2, 0.25) is 0 Å². The van der Waals surface area contributed by atoms with Crippen LogP contribution < -0.4 is 31.8 Å². The minimum absolute atomic E-state index is 0.860. The van der Waals surface area contributed by atoms with Crippen molar-refractivity contribution in [3.63, 3.8) is 0 Å². The first kappa shape index (κ1) is 29.5. The SMILES string of the molecule is Cc1cc(P(c2ccccc2)c2ccccc2)c(-c2c(P(c3ccccc3)c3ccccc3)ccc3ccccc23)c2ccccc12. The fourth-order valence-corrected chi connectivity index (χ4v) is 11.9. The predicted molar refractivity (Wildman–Crippen MR) is 209 cm³/mol. The van der Waals surface area contributed by atoms with Crippen LogP contribution in [0.5, 0.6) is 0 Å². The van der Waals surface area contributed by atoms with E-state index in [4.69, 9.17) is 0 Å². The number of hydrogen-bond acceptors (Lipinski definition) is 0. The monoisotopic (exact) mass is 636 g/mol. The zero-order valence-electron chi connectivity index (χ0n) is 26.3. The van der Waals surface area contributed by atoms with Crippen molar-refractivity contribution >= 4 is 69.2 Å². The molecule has 0 aliphatic heterocycles. The molecular weight excluding hydrogens is 602 g/mol. The molecule has 8 aromatic rings. The highest BCUT2D eigenvalue weighted by molar-refractivity contribution is 7.80. The summed E-state index contributed by atoms with van der Waals surface area (Å²) in [6.07, 6.45) is 0. The normalized spacial score (nSPS) is 11.5. The van der Waals surface area contributed by atoms with Crippen molar-refractivity contribution in [3.8, 4) is 11.1 Å². The molecule has 0 N–H and O–H groups in total. The summed E-state index contributed by atoms with van der Waals surface area (Å²) < 4.78 is 0. The van der Waals surface area contributed by atoms with E-state index in [9.17, 15) is 0 Å². The van der Waals surface area contributed by atoms with Gasteiger partial charge in [0.25, 0.3) is 0 Å². The topological polar surface area (TPSA) is 0 Å². The number of rotatable bonds is 7. The lowest BCUT2D eigenvalue weighted by Gasteiger charge is -2.29. The van der Waals surface area contributed by atoms with Gasteiger partial charge in [0.15, 0.2) is 0 Å². The Labute approximate surface area is 279 Å². The molecule has 0 saturated carbocycles. The van der Waals surface area contributed by atoms with Crippen LogP contribution >= 0.6 is 15.8 Å². The van der Waals surface area contributed by atoms with Crippen LogP contribution in [0.25, 0.3) is 32.7 Å². The van der Waals surface area contributed by atoms with Crippen LogP contribution in [-0.2, 0) is 0 Å². The third kappa shape index (κ3) is 5.59. The molecule has 0 nitrogen and oxygen atoms in total. The molecule has 8 rings (SSSR count). The molecular formula is C45H34P2. The Morgan fingerprint density at radius 2 is 0.702 bits per heavy atom. The minimum atomic E-state index is -0.868. The van der Waals surface area contributed by atoms with E-state index in [2.05, 4.69) is 195 Å². The molecule has 47 heavy (non-hydrogen) atoms. The number of fused-ring (bicyclic) bond motifs is 2. The molecule has 0 unspecified atom stereocenters. The molecule has 0 aliphatic carbocycles. The van der Waals surface area contributed by atoms with Gasteiger partial charge in [-0.15, -0.1) is 0 Å². The van der Waals surface area contributed by atoms with Crippen molar-refractivity contribution in [3.05, 3.63) is 194 Å². The van der Waals surface area contributed by atoms with Crippen molar-refractivity contribution < 1.29 is 0 Å². The largest absolute Gasteiger partial charge is 0.0622 e. The van der Waals surface area contributed by atoms with E-state index < -0.39 is 15.8 Å². The number of aryl methyl sites for hydroxylation is 1. The fraction of sp³-hybridized carbons (Fsp3) is 0.0222.